The molecule has 156 valence electrons. The zero-order valence-corrected chi connectivity index (χ0v) is 17.9. The van der Waals surface area contributed by atoms with Crippen LogP contribution < -0.4 is 19.1 Å². The molecule has 1 atom stereocenters. The molecular weight excluding hydrogens is 392 g/mol. The van der Waals surface area contributed by atoms with Crippen LogP contribution in [0.4, 0.5) is 5.69 Å². The van der Waals surface area contributed by atoms with Gasteiger partial charge >= 0.3 is 0 Å². The van der Waals surface area contributed by atoms with Crippen molar-refractivity contribution in [3.8, 4) is 11.5 Å². The Labute approximate surface area is 171 Å². The molecular formula is C21H26N2O5S. The number of hydrogen-bond donors (Lipinski definition) is 1. The third-order valence-corrected chi connectivity index (χ3v) is 6.29. The van der Waals surface area contributed by atoms with Gasteiger partial charge in [-0.2, -0.15) is 0 Å². The van der Waals surface area contributed by atoms with Gasteiger partial charge in [0.1, 0.15) is 11.5 Å². The fourth-order valence-electron chi connectivity index (χ4n) is 3.74. The van der Waals surface area contributed by atoms with E-state index in [1.165, 1.54) is 10.6 Å². The molecule has 0 aliphatic carbocycles. The predicted octanol–water partition coefficient (Wildman–Crippen LogP) is 2.39. The highest BCUT2D eigenvalue weighted by Crippen LogP contribution is 2.34. The van der Waals surface area contributed by atoms with E-state index >= 15 is 0 Å². The average molecular weight is 419 g/mol. The molecule has 0 radical (unpaired) electrons. The van der Waals surface area contributed by atoms with Crippen molar-refractivity contribution in [1.29, 1.82) is 0 Å². The van der Waals surface area contributed by atoms with E-state index in [4.69, 9.17) is 9.47 Å². The molecule has 1 amide bonds. The Morgan fingerprint density at radius 2 is 1.93 bits per heavy atom. The fraction of sp³-hybridized carbons (Fsp3) is 0.381. The van der Waals surface area contributed by atoms with Gasteiger partial charge in [0.05, 0.1) is 26.2 Å². The lowest BCUT2D eigenvalue weighted by molar-refractivity contribution is 0.0954. The van der Waals surface area contributed by atoms with Crippen LogP contribution in [0, 0.1) is 0 Å². The number of carbonyl (C=O) groups is 1. The molecule has 1 N–H and O–H groups in total. The summed E-state index contributed by atoms with van der Waals surface area (Å²) in [7, 11) is -0.134. The molecule has 2 aromatic rings. The summed E-state index contributed by atoms with van der Waals surface area (Å²) in [5.74, 6) is 1.28. The van der Waals surface area contributed by atoms with Crippen molar-refractivity contribution in [2.45, 2.75) is 25.8 Å². The first-order valence-corrected chi connectivity index (χ1v) is 11.2. The molecule has 1 unspecified atom stereocenters. The minimum absolute atomic E-state index is 0.154. The Kier molecular flexibility index (Phi) is 6.02. The Morgan fingerprint density at radius 3 is 2.59 bits per heavy atom. The van der Waals surface area contributed by atoms with E-state index < -0.39 is 10.0 Å². The van der Waals surface area contributed by atoms with Gasteiger partial charge in [0.15, 0.2) is 0 Å². The van der Waals surface area contributed by atoms with Crippen molar-refractivity contribution in [2.24, 2.45) is 0 Å². The highest BCUT2D eigenvalue weighted by molar-refractivity contribution is 7.92. The van der Waals surface area contributed by atoms with Crippen molar-refractivity contribution in [1.82, 2.24) is 5.32 Å². The van der Waals surface area contributed by atoms with Gasteiger partial charge in [-0.1, -0.05) is 0 Å². The van der Waals surface area contributed by atoms with Crippen LogP contribution in [-0.2, 0) is 22.9 Å². The fourth-order valence-corrected chi connectivity index (χ4v) is 5.00. The first kappa shape index (κ1) is 21.0. The van der Waals surface area contributed by atoms with Crippen molar-refractivity contribution in [3.05, 3.63) is 53.1 Å². The van der Waals surface area contributed by atoms with Gasteiger partial charge in [0, 0.05) is 18.2 Å². The molecule has 0 saturated heterocycles. The van der Waals surface area contributed by atoms with E-state index in [1.807, 2.05) is 25.1 Å². The number of hydrogen-bond acceptors (Lipinski definition) is 5. The van der Waals surface area contributed by atoms with E-state index in [1.54, 1.807) is 32.4 Å². The maximum absolute atomic E-state index is 12.6. The SMILES string of the molecule is COc1ccc(OC)c(CCNC(=O)c2ccc3c(c2)CC(C)N3S(C)(=O)=O)c1. The van der Waals surface area contributed by atoms with Crippen molar-refractivity contribution >= 4 is 21.6 Å². The van der Waals surface area contributed by atoms with Crippen LogP contribution in [-0.4, -0.2) is 47.4 Å². The Morgan fingerprint density at radius 1 is 1.17 bits per heavy atom. The molecule has 0 spiro atoms. The van der Waals surface area contributed by atoms with Crippen LogP contribution in [0.1, 0.15) is 28.4 Å². The number of methoxy groups -OCH3 is 2. The Bertz CT molecular complexity index is 1020. The van der Waals surface area contributed by atoms with Crippen LogP contribution in [0.15, 0.2) is 36.4 Å². The molecule has 8 heteroatoms. The number of carbonyl (C=O) groups excluding carboxylic acids is 1. The van der Waals surface area contributed by atoms with E-state index in [9.17, 15) is 13.2 Å². The minimum atomic E-state index is -3.34. The molecule has 2 aromatic carbocycles. The monoisotopic (exact) mass is 418 g/mol. The number of fused-ring (bicyclic) bond motifs is 1. The first-order chi connectivity index (χ1) is 13.7. The van der Waals surface area contributed by atoms with E-state index in [2.05, 4.69) is 5.32 Å². The molecule has 7 nitrogen and oxygen atoms in total. The highest BCUT2D eigenvalue weighted by atomic mass is 32.2. The molecule has 0 bridgehead atoms. The lowest BCUT2D eigenvalue weighted by Gasteiger charge is -2.21. The summed E-state index contributed by atoms with van der Waals surface area (Å²) in [6, 6.07) is 10.5. The second-order valence-corrected chi connectivity index (χ2v) is 9.00. The zero-order chi connectivity index (χ0) is 21.2. The first-order valence-electron chi connectivity index (χ1n) is 9.36. The number of nitrogens with zero attached hydrogens (tertiary/aromatic N) is 1. The number of benzene rings is 2. The van der Waals surface area contributed by atoms with Gasteiger partial charge in [-0.25, -0.2) is 8.42 Å². The number of anilines is 1. The standard InChI is InChI=1S/C21H26N2O5S/c1-14-11-17-12-16(5-7-19(17)23(14)29(4,25)26)21(24)22-10-9-15-13-18(27-2)6-8-20(15)28-3/h5-8,12-14H,9-11H2,1-4H3,(H,22,24). The van der Waals surface area contributed by atoms with Gasteiger partial charge in [0.25, 0.3) is 5.91 Å². The summed E-state index contributed by atoms with van der Waals surface area (Å²) < 4.78 is 36.1. The van der Waals surface area contributed by atoms with E-state index in [-0.39, 0.29) is 11.9 Å². The molecule has 3 rings (SSSR count). The number of rotatable bonds is 7. The Hall–Kier alpha value is -2.74. The maximum Gasteiger partial charge on any atom is 0.251 e. The van der Waals surface area contributed by atoms with Gasteiger partial charge < -0.3 is 14.8 Å². The number of nitrogens with one attached hydrogen (secondary N) is 1. The normalized spacial score (nSPS) is 15.7. The number of sulfonamides is 1. The molecule has 0 aromatic heterocycles. The van der Waals surface area contributed by atoms with Crippen LogP contribution >= 0.6 is 0 Å². The summed E-state index contributed by atoms with van der Waals surface area (Å²) in [5.41, 5.74) is 2.98. The average Bonchev–Trinajstić information content (AvgIpc) is 3.02. The van der Waals surface area contributed by atoms with Crippen molar-refractivity contribution in [2.75, 3.05) is 31.3 Å². The van der Waals surface area contributed by atoms with Crippen molar-refractivity contribution in [3.63, 3.8) is 0 Å². The topological polar surface area (TPSA) is 84.9 Å². The number of amides is 1. The van der Waals surface area contributed by atoms with Gasteiger partial charge in [-0.15, -0.1) is 0 Å². The molecule has 1 heterocycles. The van der Waals surface area contributed by atoms with Crippen LogP contribution in [0.3, 0.4) is 0 Å². The third-order valence-electron chi connectivity index (χ3n) is 5.02. The lowest BCUT2D eigenvalue weighted by atomic mass is 10.1. The number of ether oxygens (including phenoxy) is 2. The Balaban J connectivity index is 1.68. The van der Waals surface area contributed by atoms with Crippen LogP contribution in [0.5, 0.6) is 11.5 Å². The van der Waals surface area contributed by atoms with Gasteiger partial charge in [0.2, 0.25) is 10.0 Å². The van der Waals surface area contributed by atoms with Crippen LogP contribution in [0.2, 0.25) is 0 Å². The molecule has 0 fully saturated rings. The maximum atomic E-state index is 12.6. The second kappa shape index (κ2) is 8.32. The smallest absolute Gasteiger partial charge is 0.251 e. The molecule has 0 saturated carbocycles. The van der Waals surface area contributed by atoms with Gasteiger partial charge in [-0.3, -0.25) is 9.10 Å². The molecule has 29 heavy (non-hydrogen) atoms. The van der Waals surface area contributed by atoms with Crippen molar-refractivity contribution < 1.29 is 22.7 Å². The highest BCUT2D eigenvalue weighted by Gasteiger charge is 2.32. The summed E-state index contributed by atoms with van der Waals surface area (Å²) >= 11 is 0. The summed E-state index contributed by atoms with van der Waals surface area (Å²) in [5, 5.41) is 2.91. The predicted molar refractivity (Wildman–Crippen MR) is 113 cm³/mol. The summed E-state index contributed by atoms with van der Waals surface area (Å²) in [4.78, 5) is 12.6. The molecule has 1 aliphatic rings. The largest absolute Gasteiger partial charge is 0.497 e. The molecule has 1 aliphatic heterocycles. The summed E-state index contributed by atoms with van der Waals surface area (Å²) in [6.45, 7) is 2.30. The minimum Gasteiger partial charge on any atom is -0.497 e. The van der Waals surface area contributed by atoms with Crippen LogP contribution in [0.25, 0.3) is 0 Å². The quantitative estimate of drug-likeness (QED) is 0.746. The second-order valence-electron chi connectivity index (χ2n) is 7.14. The van der Waals surface area contributed by atoms with E-state index in [0.717, 1.165) is 22.6 Å². The third kappa shape index (κ3) is 4.48. The van der Waals surface area contributed by atoms with Gasteiger partial charge in [-0.05, 0) is 67.3 Å². The zero-order valence-electron chi connectivity index (χ0n) is 17.1. The lowest BCUT2D eigenvalue weighted by Crippen LogP contribution is -2.34. The summed E-state index contributed by atoms with van der Waals surface area (Å²) in [6.07, 6.45) is 2.38. The van der Waals surface area contributed by atoms with E-state index in [0.29, 0.717) is 30.6 Å².